The van der Waals surface area contributed by atoms with Gasteiger partial charge in [-0.25, -0.2) is 9.48 Å². The first-order valence-corrected chi connectivity index (χ1v) is 9.47. The van der Waals surface area contributed by atoms with Gasteiger partial charge in [-0.05, 0) is 56.5 Å². The highest BCUT2D eigenvalue weighted by atomic mass is 16.4. The Morgan fingerprint density at radius 3 is 2.34 bits per heavy atom. The van der Waals surface area contributed by atoms with E-state index in [4.69, 9.17) is 0 Å². The van der Waals surface area contributed by atoms with E-state index in [1.54, 1.807) is 16.8 Å². The maximum absolute atomic E-state index is 12.7. The van der Waals surface area contributed by atoms with E-state index < -0.39 is 12.0 Å². The number of nitrogens with one attached hydrogen (secondary N) is 1. The zero-order valence-corrected chi connectivity index (χ0v) is 17.1. The van der Waals surface area contributed by atoms with Gasteiger partial charge in [-0.3, -0.25) is 4.79 Å². The summed E-state index contributed by atoms with van der Waals surface area (Å²) in [6.45, 7) is 7.65. The van der Waals surface area contributed by atoms with Crippen LogP contribution in [0.15, 0.2) is 48.5 Å². The molecule has 0 aliphatic rings. The molecular weight excluding hydrogens is 366 g/mol. The van der Waals surface area contributed by atoms with E-state index in [1.807, 2.05) is 64.1 Å². The zero-order valence-electron chi connectivity index (χ0n) is 17.1. The van der Waals surface area contributed by atoms with Crippen LogP contribution in [0.5, 0.6) is 0 Å². The Morgan fingerprint density at radius 2 is 1.72 bits per heavy atom. The highest BCUT2D eigenvalue weighted by molar-refractivity contribution is 5.86. The predicted octanol–water partition coefficient (Wildman–Crippen LogP) is 3.59. The number of carboxylic acid groups (broad SMARTS) is 1. The normalized spacial score (nSPS) is 11.9. The Kier molecular flexibility index (Phi) is 5.82. The molecule has 6 heteroatoms. The van der Waals surface area contributed by atoms with Crippen LogP contribution in [0.4, 0.5) is 0 Å². The first-order chi connectivity index (χ1) is 13.8. The second-order valence-electron chi connectivity index (χ2n) is 7.26. The van der Waals surface area contributed by atoms with Gasteiger partial charge in [0.15, 0.2) is 6.04 Å². The monoisotopic (exact) mass is 391 g/mol. The Bertz CT molecular complexity index is 1050. The second kappa shape index (κ2) is 8.31. The summed E-state index contributed by atoms with van der Waals surface area (Å²) in [6, 6.07) is 14.0. The van der Waals surface area contributed by atoms with Crippen LogP contribution in [-0.2, 0) is 16.0 Å². The third-order valence-electron chi connectivity index (χ3n) is 5.20. The number of carboxylic acids is 1. The van der Waals surface area contributed by atoms with Crippen LogP contribution in [0.25, 0.3) is 5.69 Å². The molecule has 0 aliphatic carbocycles. The molecule has 150 valence electrons. The maximum atomic E-state index is 12.7. The molecule has 0 spiro atoms. The fraction of sp³-hybridized carbons (Fsp3) is 0.261. The molecule has 1 unspecified atom stereocenters. The molecule has 1 heterocycles. The third kappa shape index (κ3) is 4.37. The third-order valence-corrected chi connectivity index (χ3v) is 5.20. The van der Waals surface area contributed by atoms with Crippen molar-refractivity contribution in [2.24, 2.45) is 0 Å². The van der Waals surface area contributed by atoms with Crippen LogP contribution in [0.1, 0.15) is 39.7 Å². The van der Waals surface area contributed by atoms with Crippen LogP contribution in [-0.4, -0.2) is 26.8 Å². The summed E-state index contributed by atoms with van der Waals surface area (Å²) in [5, 5.41) is 16.8. The first kappa shape index (κ1) is 20.3. The van der Waals surface area contributed by atoms with Gasteiger partial charge < -0.3 is 10.4 Å². The maximum Gasteiger partial charge on any atom is 0.330 e. The minimum Gasteiger partial charge on any atom is -0.479 e. The predicted molar refractivity (Wildman–Crippen MR) is 111 cm³/mol. The average molecular weight is 391 g/mol. The second-order valence-corrected chi connectivity index (χ2v) is 7.26. The van der Waals surface area contributed by atoms with Crippen LogP contribution in [0, 0.1) is 27.7 Å². The van der Waals surface area contributed by atoms with Gasteiger partial charge in [-0.2, -0.15) is 5.10 Å². The minimum absolute atomic E-state index is 0.0686. The number of benzene rings is 2. The number of nitrogens with zero attached hydrogens (tertiary/aromatic N) is 2. The summed E-state index contributed by atoms with van der Waals surface area (Å²) in [5.74, 6) is -1.44. The van der Waals surface area contributed by atoms with Crippen molar-refractivity contribution < 1.29 is 14.7 Å². The fourth-order valence-corrected chi connectivity index (χ4v) is 3.36. The van der Waals surface area contributed by atoms with Gasteiger partial charge in [0, 0.05) is 11.3 Å². The fourth-order valence-electron chi connectivity index (χ4n) is 3.36. The minimum atomic E-state index is -1.09. The molecule has 6 nitrogen and oxygen atoms in total. The number of para-hydroxylation sites is 1. The highest BCUT2D eigenvalue weighted by Gasteiger charge is 2.24. The summed E-state index contributed by atoms with van der Waals surface area (Å²) in [7, 11) is 0. The molecule has 0 aliphatic heterocycles. The molecule has 1 atom stereocenters. The number of carbonyl (C=O) groups excluding carboxylic acids is 1. The molecule has 0 saturated heterocycles. The van der Waals surface area contributed by atoms with Crippen LogP contribution < -0.4 is 5.32 Å². The molecule has 3 rings (SSSR count). The highest BCUT2D eigenvalue weighted by Crippen LogP contribution is 2.20. The Morgan fingerprint density at radius 1 is 1.03 bits per heavy atom. The van der Waals surface area contributed by atoms with Crippen molar-refractivity contribution in [3.8, 4) is 5.69 Å². The molecule has 0 saturated carbocycles. The number of carbonyl (C=O) groups is 2. The van der Waals surface area contributed by atoms with E-state index >= 15 is 0 Å². The van der Waals surface area contributed by atoms with Crippen molar-refractivity contribution in [1.82, 2.24) is 15.1 Å². The zero-order chi connectivity index (χ0) is 21.1. The van der Waals surface area contributed by atoms with Crippen LogP contribution in [0.2, 0.25) is 0 Å². The average Bonchev–Trinajstić information content (AvgIpc) is 2.97. The Balaban J connectivity index is 1.81. The topological polar surface area (TPSA) is 84.2 Å². The quantitative estimate of drug-likeness (QED) is 0.673. The van der Waals surface area contributed by atoms with E-state index in [0.29, 0.717) is 5.56 Å². The number of hydrogen-bond acceptors (Lipinski definition) is 3. The summed E-state index contributed by atoms with van der Waals surface area (Å²) in [6.07, 6.45) is 0.0686. The molecule has 0 fully saturated rings. The lowest BCUT2D eigenvalue weighted by atomic mass is 10.0. The largest absolute Gasteiger partial charge is 0.479 e. The van der Waals surface area contributed by atoms with Crippen LogP contribution >= 0.6 is 0 Å². The number of aliphatic carboxylic acids is 1. The van der Waals surface area contributed by atoms with E-state index in [9.17, 15) is 14.7 Å². The van der Waals surface area contributed by atoms with Gasteiger partial charge in [-0.1, -0.05) is 36.4 Å². The first-order valence-electron chi connectivity index (χ1n) is 9.47. The Labute approximate surface area is 170 Å². The van der Waals surface area contributed by atoms with Gasteiger partial charge in [0.25, 0.3) is 0 Å². The lowest BCUT2D eigenvalue weighted by molar-refractivity contribution is -0.141. The number of amides is 1. The SMILES string of the molecule is Cc1ccc(C(NC(=O)Cc2c(C)nn(-c3ccccc3)c2C)C(=O)O)cc1C. The molecule has 1 aromatic heterocycles. The van der Waals surface area contributed by atoms with E-state index in [2.05, 4.69) is 10.4 Å². The van der Waals surface area contributed by atoms with Crippen molar-refractivity contribution >= 4 is 11.9 Å². The van der Waals surface area contributed by atoms with Crippen molar-refractivity contribution in [3.63, 3.8) is 0 Å². The molecular formula is C23H25N3O3. The van der Waals surface area contributed by atoms with Gasteiger partial charge >= 0.3 is 5.97 Å². The summed E-state index contributed by atoms with van der Waals surface area (Å²) >= 11 is 0. The van der Waals surface area contributed by atoms with E-state index in [-0.39, 0.29) is 12.3 Å². The van der Waals surface area contributed by atoms with Gasteiger partial charge in [0.1, 0.15) is 0 Å². The van der Waals surface area contributed by atoms with E-state index in [1.165, 1.54) is 0 Å². The number of rotatable bonds is 6. The Hall–Kier alpha value is -3.41. The molecule has 29 heavy (non-hydrogen) atoms. The number of aryl methyl sites for hydroxylation is 3. The summed E-state index contributed by atoms with van der Waals surface area (Å²) < 4.78 is 1.80. The standard InChI is InChI=1S/C23H25N3O3/c1-14-10-11-18(12-15(14)2)22(23(28)29)24-21(27)13-20-16(3)25-26(17(20)4)19-8-6-5-7-9-19/h5-12,22H,13H2,1-4H3,(H,24,27)(H,28,29). The van der Waals surface area contributed by atoms with Crippen molar-refractivity contribution in [2.45, 2.75) is 40.2 Å². The van der Waals surface area contributed by atoms with Crippen molar-refractivity contribution in [1.29, 1.82) is 0 Å². The lowest BCUT2D eigenvalue weighted by Gasteiger charge is -2.16. The molecule has 2 aromatic carbocycles. The van der Waals surface area contributed by atoms with Gasteiger partial charge in [0.05, 0.1) is 17.8 Å². The molecule has 2 N–H and O–H groups in total. The van der Waals surface area contributed by atoms with Crippen LogP contribution in [0.3, 0.4) is 0 Å². The number of hydrogen-bond donors (Lipinski definition) is 2. The molecule has 0 bridgehead atoms. The molecule has 0 radical (unpaired) electrons. The summed E-state index contributed by atoms with van der Waals surface area (Å²) in [5.41, 5.74) is 5.94. The van der Waals surface area contributed by atoms with Crippen molar-refractivity contribution in [2.75, 3.05) is 0 Å². The number of aromatic nitrogens is 2. The van der Waals surface area contributed by atoms with E-state index in [0.717, 1.165) is 33.8 Å². The van der Waals surface area contributed by atoms with Gasteiger partial charge in [0.2, 0.25) is 5.91 Å². The van der Waals surface area contributed by atoms with Gasteiger partial charge in [-0.15, -0.1) is 0 Å². The molecule has 1 amide bonds. The smallest absolute Gasteiger partial charge is 0.330 e. The lowest BCUT2D eigenvalue weighted by Crippen LogP contribution is -2.35. The molecule has 3 aromatic rings. The van der Waals surface area contributed by atoms with Crippen molar-refractivity contribution in [3.05, 3.63) is 82.2 Å². The summed E-state index contributed by atoms with van der Waals surface area (Å²) in [4.78, 5) is 24.5.